The molecular weight excluding hydrogens is 169 g/mol. The predicted octanol–water partition coefficient (Wildman–Crippen LogP) is 1.22. The molecule has 0 amide bonds. The molecule has 0 aliphatic rings. The van der Waals surface area contributed by atoms with Crippen LogP contribution in [0.5, 0.6) is 0 Å². The molecule has 0 aliphatic heterocycles. The summed E-state index contributed by atoms with van der Waals surface area (Å²) in [6.45, 7) is 3.76. The van der Waals surface area contributed by atoms with Gasteiger partial charge in [-0.05, 0) is 13.1 Å². The Bertz CT molecular complexity index is 120. The lowest BCUT2D eigenvalue weighted by Gasteiger charge is -2.29. The molecule has 0 saturated carbocycles. The maximum absolute atomic E-state index is 12.2. The lowest BCUT2D eigenvalue weighted by Crippen LogP contribution is -2.50. The van der Waals surface area contributed by atoms with Crippen molar-refractivity contribution in [2.45, 2.75) is 26.1 Å². The second-order valence-electron chi connectivity index (χ2n) is 2.51. The number of rotatable bonds is 4. The fraction of sp³-hybridized carbons (Fsp3) is 1.00. The molecule has 74 valence electrons. The van der Waals surface area contributed by atoms with Gasteiger partial charge in [0.05, 0.1) is 0 Å². The summed E-state index contributed by atoms with van der Waals surface area (Å²) in [6, 6.07) is -1.49. The van der Waals surface area contributed by atoms with E-state index in [1.165, 1.54) is 4.90 Å². The summed E-state index contributed by atoms with van der Waals surface area (Å²) in [7, 11) is 0. The van der Waals surface area contributed by atoms with Crippen molar-refractivity contribution in [2.24, 2.45) is 5.73 Å². The van der Waals surface area contributed by atoms with Gasteiger partial charge in [0.2, 0.25) is 0 Å². The van der Waals surface area contributed by atoms with Gasteiger partial charge in [-0.3, -0.25) is 4.90 Å². The van der Waals surface area contributed by atoms with Gasteiger partial charge >= 0.3 is 6.18 Å². The van der Waals surface area contributed by atoms with E-state index in [0.29, 0.717) is 13.1 Å². The molecule has 0 aromatic carbocycles. The zero-order chi connectivity index (χ0) is 9.78. The minimum absolute atomic E-state index is 0.370. The van der Waals surface area contributed by atoms with Crippen molar-refractivity contribution in [1.29, 1.82) is 0 Å². The normalized spacial score (nSPS) is 15.2. The van der Waals surface area contributed by atoms with Gasteiger partial charge in [0, 0.05) is 6.54 Å². The summed E-state index contributed by atoms with van der Waals surface area (Å²) in [5, 5.41) is 0. The fourth-order valence-corrected chi connectivity index (χ4v) is 1.15. The van der Waals surface area contributed by atoms with Crippen molar-refractivity contribution < 1.29 is 13.2 Å². The number of nitrogens with two attached hydrogens (primary N) is 1. The van der Waals surface area contributed by atoms with Gasteiger partial charge in [-0.15, -0.1) is 0 Å². The first-order valence-corrected chi connectivity index (χ1v) is 3.98. The molecule has 0 spiro atoms. The molecule has 0 radical (unpaired) electrons. The Hall–Kier alpha value is -0.290. The fourth-order valence-electron chi connectivity index (χ4n) is 1.15. The summed E-state index contributed by atoms with van der Waals surface area (Å²) < 4.78 is 36.7. The molecule has 2 nitrogen and oxygen atoms in total. The van der Waals surface area contributed by atoms with Gasteiger partial charge in [-0.1, -0.05) is 13.8 Å². The van der Waals surface area contributed by atoms with Gasteiger partial charge in [0.1, 0.15) is 6.04 Å². The van der Waals surface area contributed by atoms with E-state index >= 15 is 0 Å². The molecule has 0 unspecified atom stereocenters. The Morgan fingerprint density at radius 3 is 1.75 bits per heavy atom. The first kappa shape index (κ1) is 11.7. The third-order valence-electron chi connectivity index (χ3n) is 1.85. The molecule has 0 heterocycles. The number of nitrogens with zero attached hydrogens (tertiary/aromatic N) is 1. The molecule has 0 aliphatic carbocycles. The largest absolute Gasteiger partial charge is 0.405 e. The van der Waals surface area contributed by atoms with Crippen LogP contribution in [0.15, 0.2) is 0 Å². The highest BCUT2D eigenvalue weighted by Crippen LogP contribution is 2.23. The monoisotopic (exact) mass is 184 g/mol. The third-order valence-corrected chi connectivity index (χ3v) is 1.85. The van der Waals surface area contributed by atoms with Crippen LogP contribution >= 0.6 is 0 Å². The van der Waals surface area contributed by atoms with Crippen molar-refractivity contribution in [2.75, 3.05) is 19.6 Å². The van der Waals surface area contributed by atoms with Crippen molar-refractivity contribution in [3.8, 4) is 0 Å². The molecule has 0 aromatic rings. The molecule has 5 heteroatoms. The Balaban J connectivity index is 4.31. The van der Waals surface area contributed by atoms with Crippen LogP contribution in [0.3, 0.4) is 0 Å². The topological polar surface area (TPSA) is 29.3 Å². The van der Waals surface area contributed by atoms with Crippen LogP contribution in [-0.4, -0.2) is 36.8 Å². The molecule has 2 N–H and O–H groups in total. The van der Waals surface area contributed by atoms with Crippen molar-refractivity contribution in [3.05, 3.63) is 0 Å². The summed E-state index contributed by atoms with van der Waals surface area (Å²) in [5.41, 5.74) is 5.05. The van der Waals surface area contributed by atoms with Crippen LogP contribution in [0.1, 0.15) is 13.8 Å². The highest BCUT2D eigenvalue weighted by Gasteiger charge is 2.41. The van der Waals surface area contributed by atoms with Gasteiger partial charge in [-0.25, -0.2) is 0 Å². The number of likely N-dealkylation sites (N-methyl/N-ethyl adjacent to an activating group) is 1. The standard InChI is InChI=1S/C7H15F3N2/c1-3-12(4-2)6(5-11)7(8,9)10/h6H,3-5,11H2,1-2H3/t6-/m0/s1. The average Bonchev–Trinajstić information content (AvgIpc) is 1.97. The second-order valence-corrected chi connectivity index (χ2v) is 2.51. The Morgan fingerprint density at radius 2 is 1.67 bits per heavy atom. The van der Waals surface area contributed by atoms with Crippen LogP contribution < -0.4 is 5.73 Å². The number of hydrogen-bond acceptors (Lipinski definition) is 2. The zero-order valence-electron chi connectivity index (χ0n) is 7.36. The van der Waals surface area contributed by atoms with Gasteiger partial charge in [-0.2, -0.15) is 13.2 Å². The zero-order valence-corrected chi connectivity index (χ0v) is 7.36. The summed E-state index contributed by atoms with van der Waals surface area (Å²) in [5.74, 6) is 0. The number of alkyl halides is 3. The minimum atomic E-state index is -4.21. The first-order chi connectivity index (χ1) is 5.47. The van der Waals surface area contributed by atoms with E-state index in [9.17, 15) is 13.2 Å². The van der Waals surface area contributed by atoms with Crippen molar-refractivity contribution >= 4 is 0 Å². The Morgan fingerprint density at radius 1 is 1.25 bits per heavy atom. The maximum Gasteiger partial charge on any atom is 0.405 e. The van der Waals surface area contributed by atoms with E-state index in [4.69, 9.17) is 5.73 Å². The maximum atomic E-state index is 12.2. The summed E-state index contributed by atoms with van der Waals surface area (Å²) >= 11 is 0. The van der Waals surface area contributed by atoms with Gasteiger partial charge in [0.15, 0.2) is 0 Å². The smallest absolute Gasteiger partial charge is 0.329 e. The summed E-state index contributed by atoms with van der Waals surface area (Å²) in [6.07, 6.45) is -4.21. The van der Waals surface area contributed by atoms with Crippen LogP contribution in [-0.2, 0) is 0 Å². The van der Waals surface area contributed by atoms with Crippen LogP contribution in [0, 0.1) is 0 Å². The van der Waals surface area contributed by atoms with Crippen LogP contribution in [0.25, 0.3) is 0 Å². The Kier molecular flexibility index (Phi) is 4.55. The van der Waals surface area contributed by atoms with Crippen molar-refractivity contribution in [3.63, 3.8) is 0 Å². The van der Waals surface area contributed by atoms with Gasteiger partial charge < -0.3 is 5.73 Å². The molecule has 0 fully saturated rings. The van der Waals surface area contributed by atoms with E-state index < -0.39 is 12.2 Å². The molecule has 0 saturated heterocycles. The molecule has 0 rings (SSSR count). The van der Waals surface area contributed by atoms with Gasteiger partial charge in [0.25, 0.3) is 0 Å². The van der Waals surface area contributed by atoms with E-state index in [2.05, 4.69) is 0 Å². The minimum Gasteiger partial charge on any atom is -0.329 e. The van der Waals surface area contributed by atoms with Crippen LogP contribution in [0.2, 0.25) is 0 Å². The molecule has 12 heavy (non-hydrogen) atoms. The molecular formula is C7H15F3N2. The lowest BCUT2D eigenvalue weighted by atomic mass is 10.2. The SMILES string of the molecule is CCN(CC)[C@@H](CN)C(F)(F)F. The first-order valence-electron chi connectivity index (χ1n) is 3.98. The number of hydrogen-bond donors (Lipinski definition) is 1. The van der Waals surface area contributed by atoms with Crippen molar-refractivity contribution in [1.82, 2.24) is 4.90 Å². The Labute approximate surface area is 70.5 Å². The number of halogens is 3. The van der Waals surface area contributed by atoms with E-state index in [1.807, 2.05) is 0 Å². The average molecular weight is 184 g/mol. The summed E-state index contributed by atoms with van der Waals surface area (Å²) in [4.78, 5) is 1.31. The van der Waals surface area contributed by atoms with E-state index in [1.54, 1.807) is 13.8 Å². The van der Waals surface area contributed by atoms with E-state index in [0.717, 1.165) is 0 Å². The molecule has 0 aromatic heterocycles. The highest BCUT2D eigenvalue weighted by molar-refractivity contribution is 4.78. The van der Waals surface area contributed by atoms with Crippen LogP contribution in [0.4, 0.5) is 13.2 Å². The second kappa shape index (κ2) is 4.67. The predicted molar refractivity (Wildman–Crippen MR) is 41.8 cm³/mol. The highest BCUT2D eigenvalue weighted by atomic mass is 19.4. The lowest BCUT2D eigenvalue weighted by molar-refractivity contribution is -0.179. The molecule has 1 atom stereocenters. The third kappa shape index (κ3) is 2.98. The molecule has 0 bridgehead atoms. The van der Waals surface area contributed by atoms with E-state index in [-0.39, 0.29) is 6.54 Å². The quantitative estimate of drug-likeness (QED) is 0.711.